The fraction of sp³-hybridized carbons (Fsp3) is 0.333. The van der Waals surface area contributed by atoms with Gasteiger partial charge in [0.1, 0.15) is 0 Å². The third-order valence-electron chi connectivity index (χ3n) is 2.12. The number of hydrogen-bond donors (Lipinski definition) is 3. The van der Waals surface area contributed by atoms with Gasteiger partial charge >= 0.3 is 5.69 Å². The number of aliphatic hydroxyl groups excluding tert-OH is 1. The molecule has 0 bridgehead atoms. The molecule has 96 valence electrons. The summed E-state index contributed by atoms with van der Waals surface area (Å²) < 4.78 is 0.459. The van der Waals surface area contributed by atoms with E-state index in [1.807, 2.05) is 0 Å². The van der Waals surface area contributed by atoms with Crippen LogP contribution in [-0.2, 0) is 0 Å². The highest BCUT2D eigenvalue weighted by atomic mass is 79.9. The maximum absolute atomic E-state index is 10.6. The summed E-state index contributed by atoms with van der Waals surface area (Å²) in [7, 11) is 0. The second kappa shape index (κ2) is 6.75. The smallest absolute Gasteiger partial charge is 0.312 e. The monoisotopic (exact) mass is 326 g/mol. The molecule has 1 atom stereocenters. The van der Waals surface area contributed by atoms with Crippen LogP contribution < -0.4 is 5.73 Å². The lowest BCUT2D eigenvalue weighted by molar-refractivity contribution is -0.386. The van der Waals surface area contributed by atoms with E-state index < -0.39 is 22.4 Å². The Kier molecular flexibility index (Phi) is 6.40. The van der Waals surface area contributed by atoms with Gasteiger partial charge in [-0.15, -0.1) is 12.4 Å². The first-order chi connectivity index (χ1) is 7.47. The molecular formula is C9H12BrClN2O4. The third kappa shape index (κ3) is 3.81. The lowest BCUT2D eigenvalue weighted by Gasteiger charge is -2.12. The molecule has 0 radical (unpaired) electrons. The predicted molar refractivity (Wildman–Crippen MR) is 68.3 cm³/mol. The van der Waals surface area contributed by atoms with Gasteiger partial charge in [-0.25, -0.2) is 0 Å². The third-order valence-corrected chi connectivity index (χ3v) is 2.58. The van der Waals surface area contributed by atoms with E-state index in [9.17, 15) is 15.2 Å². The molecule has 0 amide bonds. The molecule has 1 aromatic carbocycles. The molecule has 0 aromatic heterocycles. The second-order valence-electron chi connectivity index (χ2n) is 3.24. The van der Waals surface area contributed by atoms with Crippen molar-refractivity contribution in [1.29, 1.82) is 0 Å². The zero-order chi connectivity index (χ0) is 12.3. The minimum absolute atomic E-state index is 0. The SMILES string of the molecule is Cl.NC(CCO)c1cc(Br)cc([N+](=O)[O-])c1O. The number of nitro benzene ring substituents is 1. The summed E-state index contributed by atoms with van der Waals surface area (Å²) in [4.78, 5) is 9.96. The number of benzene rings is 1. The fourth-order valence-corrected chi connectivity index (χ4v) is 1.79. The summed E-state index contributed by atoms with van der Waals surface area (Å²) in [6.07, 6.45) is 0.223. The standard InChI is InChI=1S/C9H11BrN2O4.ClH/c10-5-3-6(7(11)1-2-13)9(14)8(4-5)12(15)16;/h3-4,7,13-14H,1-2,11H2;1H. The Morgan fingerprint density at radius 1 is 1.53 bits per heavy atom. The molecule has 8 heteroatoms. The molecule has 1 rings (SSSR count). The van der Waals surface area contributed by atoms with E-state index in [1.54, 1.807) is 0 Å². The van der Waals surface area contributed by atoms with Crippen LogP contribution in [0.4, 0.5) is 5.69 Å². The number of rotatable bonds is 4. The Morgan fingerprint density at radius 2 is 2.12 bits per heavy atom. The largest absolute Gasteiger partial charge is 0.502 e. The second-order valence-corrected chi connectivity index (χ2v) is 4.15. The van der Waals surface area contributed by atoms with Crippen LogP contribution in [0.3, 0.4) is 0 Å². The van der Waals surface area contributed by atoms with E-state index in [0.29, 0.717) is 4.47 Å². The van der Waals surface area contributed by atoms with Gasteiger partial charge in [-0.05, 0) is 12.5 Å². The van der Waals surface area contributed by atoms with Crippen LogP contribution in [0.15, 0.2) is 16.6 Å². The van der Waals surface area contributed by atoms with Gasteiger partial charge in [0.25, 0.3) is 0 Å². The van der Waals surface area contributed by atoms with Crippen molar-refractivity contribution in [2.75, 3.05) is 6.61 Å². The van der Waals surface area contributed by atoms with Crippen LogP contribution in [0.1, 0.15) is 18.0 Å². The number of nitrogens with two attached hydrogens (primary N) is 1. The average Bonchev–Trinajstić information content (AvgIpc) is 2.20. The lowest BCUT2D eigenvalue weighted by atomic mass is 10.0. The van der Waals surface area contributed by atoms with Crippen molar-refractivity contribution < 1.29 is 15.1 Å². The molecule has 0 saturated heterocycles. The maximum atomic E-state index is 10.6. The van der Waals surface area contributed by atoms with Crippen molar-refractivity contribution in [2.24, 2.45) is 5.73 Å². The number of aromatic hydroxyl groups is 1. The van der Waals surface area contributed by atoms with E-state index in [1.165, 1.54) is 12.1 Å². The molecule has 0 aliphatic rings. The maximum Gasteiger partial charge on any atom is 0.312 e. The zero-order valence-electron chi connectivity index (χ0n) is 8.67. The molecule has 6 nitrogen and oxygen atoms in total. The normalized spacial score (nSPS) is 11.7. The first kappa shape index (κ1) is 16.1. The van der Waals surface area contributed by atoms with Gasteiger partial charge < -0.3 is 15.9 Å². The van der Waals surface area contributed by atoms with Crippen LogP contribution in [-0.4, -0.2) is 21.7 Å². The molecule has 0 heterocycles. The predicted octanol–water partition coefficient (Wildman–Crippen LogP) is 1.87. The van der Waals surface area contributed by atoms with Gasteiger partial charge in [-0.2, -0.15) is 0 Å². The number of aliphatic hydroxyl groups is 1. The molecular weight excluding hydrogens is 315 g/mol. The highest BCUT2D eigenvalue weighted by Crippen LogP contribution is 2.36. The van der Waals surface area contributed by atoms with Gasteiger partial charge in [-0.3, -0.25) is 10.1 Å². The highest BCUT2D eigenvalue weighted by Gasteiger charge is 2.21. The van der Waals surface area contributed by atoms with Crippen molar-refractivity contribution >= 4 is 34.0 Å². The topological polar surface area (TPSA) is 110 Å². The number of phenolic OH excluding ortho intramolecular Hbond substituents is 1. The van der Waals surface area contributed by atoms with Gasteiger partial charge in [0.15, 0.2) is 5.75 Å². The first-order valence-corrected chi connectivity index (χ1v) is 5.30. The van der Waals surface area contributed by atoms with Gasteiger partial charge in [-0.1, -0.05) is 15.9 Å². The number of nitrogens with zero attached hydrogens (tertiary/aromatic N) is 1. The quantitative estimate of drug-likeness (QED) is 0.577. The van der Waals surface area contributed by atoms with Crippen molar-refractivity contribution in [3.05, 3.63) is 32.3 Å². The van der Waals surface area contributed by atoms with E-state index in [-0.39, 0.29) is 31.0 Å². The Morgan fingerprint density at radius 3 is 2.59 bits per heavy atom. The Hall–Kier alpha value is -0.890. The summed E-state index contributed by atoms with van der Waals surface area (Å²) in [6, 6.07) is 2.06. The molecule has 1 unspecified atom stereocenters. The van der Waals surface area contributed by atoms with Crippen LogP contribution in [0, 0.1) is 10.1 Å². The summed E-state index contributed by atoms with van der Waals surface area (Å²) in [5.74, 6) is -0.450. The van der Waals surface area contributed by atoms with Crippen LogP contribution >= 0.6 is 28.3 Å². The fourth-order valence-electron chi connectivity index (χ4n) is 1.32. The van der Waals surface area contributed by atoms with Crippen molar-refractivity contribution in [3.63, 3.8) is 0 Å². The van der Waals surface area contributed by atoms with Crippen molar-refractivity contribution in [2.45, 2.75) is 12.5 Å². The Balaban J connectivity index is 0.00000256. The van der Waals surface area contributed by atoms with E-state index in [2.05, 4.69) is 15.9 Å². The van der Waals surface area contributed by atoms with E-state index >= 15 is 0 Å². The number of halogens is 2. The average molecular weight is 328 g/mol. The first-order valence-electron chi connectivity index (χ1n) is 4.50. The number of hydrogen-bond acceptors (Lipinski definition) is 5. The molecule has 1 aromatic rings. The number of nitro groups is 1. The molecule has 4 N–H and O–H groups in total. The minimum Gasteiger partial charge on any atom is -0.502 e. The van der Waals surface area contributed by atoms with Crippen LogP contribution in [0.25, 0.3) is 0 Å². The van der Waals surface area contributed by atoms with Crippen LogP contribution in [0.5, 0.6) is 5.75 Å². The zero-order valence-corrected chi connectivity index (χ0v) is 11.1. The van der Waals surface area contributed by atoms with Crippen molar-refractivity contribution in [1.82, 2.24) is 0 Å². The molecule has 0 saturated carbocycles. The molecule has 0 fully saturated rings. The minimum atomic E-state index is -0.685. The number of phenols is 1. The summed E-state index contributed by atoms with van der Waals surface area (Å²) in [6.45, 7) is -0.152. The molecule has 0 aliphatic heterocycles. The Bertz CT molecular complexity index is 416. The summed E-state index contributed by atoms with van der Waals surface area (Å²) in [5.41, 5.74) is 5.52. The van der Waals surface area contributed by atoms with Crippen molar-refractivity contribution in [3.8, 4) is 5.75 Å². The summed E-state index contributed by atoms with van der Waals surface area (Å²) in [5, 5.41) is 29.0. The molecule has 0 spiro atoms. The molecule has 17 heavy (non-hydrogen) atoms. The summed E-state index contributed by atoms with van der Waals surface area (Å²) >= 11 is 3.10. The van der Waals surface area contributed by atoms with Crippen LogP contribution in [0.2, 0.25) is 0 Å². The lowest BCUT2D eigenvalue weighted by Crippen LogP contribution is -2.12. The van der Waals surface area contributed by atoms with E-state index in [0.717, 1.165) is 0 Å². The van der Waals surface area contributed by atoms with E-state index in [4.69, 9.17) is 10.8 Å². The van der Waals surface area contributed by atoms with Gasteiger partial charge in [0, 0.05) is 28.8 Å². The van der Waals surface area contributed by atoms with Gasteiger partial charge in [0.2, 0.25) is 0 Å². The molecule has 0 aliphatic carbocycles. The highest BCUT2D eigenvalue weighted by molar-refractivity contribution is 9.10. The van der Waals surface area contributed by atoms with Gasteiger partial charge in [0.05, 0.1) is 4.92 Å². The Labute approximate surface area is 112 Å².